The zero-order valence-electron chi connectivity index (χ0n) is 14.9. The SMILES string of the molecule is CC1(c2ccc(CNC(=O)C3CC34CCNCC4)cc2)NC(=O)NC1=O. The molecule has 2 aliphatic heterocycles. The van der Waals surface area contributed by atoms with Gasteiger partial charge in [0.1, 0.15) is 5.54 Å². The lowest BCUT2D eigenvalue weighted by molar-refractivity contribution is -0.124. The average molecular weight is 356 g/mol. The number of rotatable bonds is 4. The summed E-state index contributed by atoms with van der Waals surface area (Å²) < 4.78 is 0. The Labute approximate surface area is 152 Å². The van der Waals surface area contributed by atoms with Crippen LogP contribution in [-0.4, -0.2) is 30.9 Å². The van der Waals surface area contributed by atoms with Crippen LogP contribution in [0, 0.1) is 11.3 Å². The highest BCUT2D eigenvalue weighted by molar-refractivity contribution is 6.07. The second kappa shape index (κ2) is 6.09. The van der Waals surface area contributed by atoms with Crippen LogP contribution in [0.25, 0.3) is 0 Å². The summed E-state index contributed by atoms with van der Waals surface area (Å²) in [6.45, 7) is 4.16. The Bertz CT molecular complexity index is 755. The maximum absolute atomic E-state index is 12.4. The van der Waals surface area contributed by atoms with E-state index in [0.29, 0.717) is 12.1 Å². The van der Waals surface area contributed by atoms with Gasteiger partial charge in [0.25, 0.3) is 5.91 Å². The zero-order valence-corrected chi connectivity index (χ0v) is 14.9. The third kappa shape index (κ3) is 2.86. The molecule has 2 atom stereocenters. The highest BCUT2D eigenvalue weighted by Crippen LogP contribution is 2.58. The van der Waals surface area contributed by atoms with Gasteiger partial charge in [-0.2, -0.15) is 0 Å². The molecule has 2 saturated heterocycles. The van der Waals surface area contributed by atoms with Gasteiger partial charge >= 0.3 is 6.03 Å². The standard InChI is InChI=1S/C19H24N4O3/c1-18(16(25)22-17(26)23-18)13-4-2-12(3-5-13)11-21-15(24)14-10-19(14)6-8-20-9-7-19/h2-5,14,20H,6-11H2,1H3,(H,21,24)(H2,22,23,25,26). The first-order valence-electron chi connectivity index (χ1n) is 9.14. The van der Waals surface area contributed by atoms with E-state index in [0.717, 1.165) is 37.9 Å². The van der Waals surface area contributed by atoms with Crippen molar-refractivity contribution in [1.29, 1.82) is 0 Å². The van der Waals surface area contributed by atoms with Gasteiger partial charge in [-0.05, 0) is 55.8 Å². The lowest BCUT2D eigenvalue weighted by atomic mass is 9.91. The van der Waals surface area contributed by atoms with Crippen LogP contribution in [-0.2, 0) is 21.7 Å². The van der Waals surface area contributed by atoms with E-state index in [1.54, 1.807) is 6.92 Å². The lowest BCUT2D eigenvalue weighted by Crippen LogP contribution is -2.40. The summed E-state index contributed by atoms with van der Waals surface area (Å²) in [5.74, 6) is -0.0601. The Morgan fingerprint density at radius 2 is 1.88 bits per heavy atom. The smallest absolute Gasteiger partial charge is 0.322 e. The predicted molar refractivity (Wildman–Crippen MR) is 95.0 cm³/mol. The molecule has 4 rings (SSSR count). The Morgan fingerprint density at radius 3 is 2.50 bits per heavy atom. The number of hydrogen-bond donors (Lipinski definition) is 4. The molecule has 1 aromatic carbocycles. The second-order valence-corrected chi connectivity index (χ2v) is 7.82. The molecule has 0 bridgehead atoms. The van der Waals surface area contributed by atoms with Crippen molar-refractivity contribution in [2.45, 2.75) is 38.3 Å². The highest BCUT2D eigenvalue weighted by atomic mass is 16.2. The topological polar surface area (TPSA) is 99.3 Å². The highest BCUT2D eigenvalue weighted by Gasteiger charge is 2.57. The molecule has 1 saturated carbocycles. The zero-order chi connectivity index (χ0) is 18.4. The molecular formula is C19H24N4O3. The van der Waals surface area contributed by atoms with Gasteiger partial charge in [0.15, 0.2) is 0 Å². The molecule has 4 amide bonds. The summed E-state index contributed by atoms with van der Waals surface area (Å²) in [6, 6.07) is 6.92. The van der Waals surface area contributed by atoms with E-state index in [9.17, 15) is 14.4 Å². The van der Waals surface area contributed by atoms with Crippen molar-refractivity contribution < 1.29 is 14.4 Å². The first kappa shape index (κ1) is 17.0. The van der Waals surface area contributed by atoms with Crippen LogP contribution < -0.4 is 21.3 Å². The number of imide groups is 1. The molecule has 7 nitrogen and oxygen atoms in total. The summed E-state index contributed by atoms with van der Waals surface area (Å²) >= 11 is 0. The first-order valence-corrected chi connectivity index (χ1v) is 9.14. The fourth-order valence-electron chi connectivity index (χ4n) is 4.21. The van der Waals surface area contributed by atoms with E-state index in [1.807, 2.05) is 24.3 Å². The number of amides is 4. The molecule has 2 unspecified atom stereocenters. The van der Waals surface area contributed by atoms with Crippen LogP contribution in [0.15, 0.2) is 24.3 Å². The Hall–Kier alpha value is -2.41. The average Bonchev–Trinajstić information content (AvgIpc) is 3.25. The van der Waals surface area contributed by atoms with E-state index in [4.69, 9.17) is 0 Å². The van der Waals surface area contributed by atoms with E-state index in [2.05, 4.69) is 21.3 Å². The van der Waals surface area contributed by atoms with Gasteiger partial charge in [0.2, 0.25) is 5.91 Å². The maximum atomic E-state index is 12.4. The van der Waals surface area contributed by atoms with Crippen molar-refractivity contribution in [3.8, 4) is 0 Å². The Balaban J connectivity index is 1.34. The summed E-state index contributed by atoms with van der Waals surface area (Å²) in [4.78, 5) is 35.8. The van der Waals surface area contributed by atoms with Crippen molar-refractivity contribution >= 4 is 17.8 Å². The molecule has 1 aliphatic carbocycles. The van der Waals surface area contributed by atoms with Crippen LogP contribution in [0.2, 0.25) is 0 Å². The molecule has 138 valence electrons. The van der Waals surface area contributed by atoms with Crippen molar-refractivity contribution in [3.05, 3.63) is 35.4 Å². The van der Waals surface area contributed by atoms with Crippen molar-refractivity contribution in [3.63, 3.8) is 0 Å². The van der Waals surface area contributed by atoms with E-state index >= 15 is 0 Å². The second-order valence-electron chi connectivity index (χ2n) is 7.82. The van der Waals surface area contributed by atoms with Gasteiger partial charge in [-0.1, -0.05) is 24.3 Å². The van der Waals surface area contributed by atoms with Gasteiger partial charge < -0.3 is 16.0 Å². The minimum absolute atomic E-state index is 0.144. The lowest BCUT2D eigenvalue weighted by Gasteiger charge is -2.23. The van der Waals surface area contributed by atoms with Gasteiger partial charge in [0.05, 0.1) is 0 Å². The number of benzene rings is 1. The van der Waals surface area contributed by atoms with Crippen LogP contribution in [0.4, 0.5) is 4.79 Å². The molecule has 2 heterocycles. The van der Waals surface area contributed by atoms with Crippen molar-refractivity contribution in [2.24, 2.45) is 11.3 Å². The van der Waals surface area contributed by atoms with Gasteiger partial charge in [-0.15, -0.1) is 0 Å². The van der Waals surface area contributed by atoms with E-state index in [1.165, 1.54) is 0 Å². The molecule has 1 aromatic rings. The minimum atomic E-state index is -1.05. The Morgan fingerprint density at radius 1 is 1.19 bits per heavy atom. The summed E-state index contributed by atoms with van der Waals surface area (Å²) in [5, 5.41) is 11.3. The van der Waals surface area contributed by atoms with Gasteiger partial charge in [-0.25, -0.2) is 4.79 Å². The van der Waals surface area contributed by atoms with Crippen LogP contribution in [0.3, 0.4) is 0 Å². The molecular weight excluding hydrogens is 332 g/mol. The van der Waals surface area contributed by atoms with Crippen molar-refractivity contribution in [2.75, 3.05) is 13.1 Å². The van der Waals surface area contributed by atoms with Crippen LogP contribution >= 0.6 is 0 Å². The molecule has 4 N–H and O–H groups in total. The molecule has 26 heavy (non-hydrogen) atoms. The molecule has 7 heteroatoms. The number of carbonyl (C=O) groups is 3. The first-order chi connectivity index (χ1) is 12.4. The molecule has 3 fully saturated rings. The summed E-state index contributed by atoms with van der Waals surface area (Å²) in [6.07, 6.45) is 3.19. The molecule has 3 aliphatic rings. The van der Waals surface area contributed by atoms with Crippen LogP contribution in [0.5, 0.6) is 0 Å². The number of hydrogen-bond acceptors (Lipinski definition) is 4. The third-order valence-electron chi connectivity index (χ3n) is 6.15. The third-order valence-corrected chi connectivity index (χ3v) is 6.15. The van der Waals surface area contributed by atoms with E-state index in [-0.39, 0.29) is 23.1 Å². The van der Waals surface area contributed by atoms with Crippen LogP contribution in [0.1, 0.15) is 37.3 Å². The van der Waals surface area contributed by atoms with E-state index < -0.39 is 11.6 Å². The number of piperidine rings is 1. The predicted octanol–water partition coefficient (Wildman–Crippen LogP) is 0.747. The molecule has 0 radical (unpaired) electrons. The van der Waals surface area contributed by atoms with Crippen molar-refractivity contribution in [1.82, 2.24) is 21.3 Å². The normalized spacial score (nSPS) is 29.2. The molecule has 1 spiro atoms. The van der Waals surface area contributed by atoms with Gasteiger partial charge in [0, 0.05) is 12.5 Å². The largest absolute Gasteiger partial charge is 0.352 e. The fraction of sp³-hybridized carbons (Fsp3) is 0.526. The number of urea groups is 1. The fourth-order valence-corrected chi connectivity index (χ4v) is 4.21. The summed E-state index contributed by atoms with van der Waals surface area (Å²) in [7, 11) is 0. The Kier molecular flexibility index (Phi) is 3.99. The summed E-state index contributed by atoms with van der Waals surface area (Å²) in [5.41, 5.74) is 0.873. The number of carbonyl (C=O) groups excluding carboxylic acids is 3. The molecule has 0 aromatic heterocycles. The minimum Gasteiger partial charge on any atom is -0.352 e. The quantitative estimate of drug-likeness (QED) is 0.598. The maximum Gasteiger partial charge on any atom is 0.322 e. The monoisotopic (exact) mass is 356 g/mol. The number of nitrogens with one attached hydrogen (secondary N) is 4. The van der Waals surface area contributed by atoms with Gasteiger partial charge in [-0.3, -0.25) is 14.9 Å².